The van der Waals surface area contributed by atoms with Crippen LogP contribution in [0.5, 0.6) is 0 Å². The molecule has 4 rings (SSSR count). The van der Waals surface area contributed by atoms with Crippen LogP contribution < -0.4 is 10.6 Å². The zero-order chi connectivity index (χ0) is 22.5. The van der Waals surface area contributed by atoms with Gasteiger partial charge in [0.05, 0.1) is 17.8 Å². The van der Waals surface area contributed by atoms with Crippen LogP contribution in [-0.4, -0.2) is 33.1 Å². The molecule has 0 atom stereocenters. The third kappa shape index (κ3) is 4.57. The monoisotopic (exact) mass is 425 g/mol. The molecule has 0 radical (unpaired) electrons. The van der Waals surface area contributed by atoms with Crippen molar-refractivity contribution in [3.8, 4) is 16.9 Å². The smallest absolute Gasteiger partial charge is 0.255 e. The highest BCUT2D eigenvalue weighted by atomic mass is 16.2. The van der Waals surface area contributed by atoms with Gasteiger partial charge in [-0.2, -0.15) is 5.10 Å². The van der Waals surface area contributed by atoms with Crippen LogP contribution in [0, 0.1) is 13.8 Å². The van der Waals surface area contributed by atoms with Crippen molar-refractivity contribution in [3.05, 3.63) is 95.9 Å². The van der Waals surface area contributed by atoms with Crippen molar-refractivity contribution in [1.29, 1.82) is 0 Å². The molecule has 0 unspecified atom stereocenters. The van der Waals surface area contributed by atoms with Gasteiger partial charge in [0.2, 0.25) is 5.91 Å². The number of pyridine rings is 1. The Morgan fingerprint density at radius 1 is 0.938 bits per heavy atom. The van der Waals surface area contributed by atoms with Gasteiger partial charge in [-0.05, 0) is 49.2 Å². The first kappa shape index (κ1) is 21.0. The van der Waals surface area contributed by atoms with E-state index in [0.29, 0.717) is 16.8 Å². The predicted molar refractivity (Wildman–Crippen MR) is 124 cm³/mol. The number of carbonyl (C=O) groups excluding carboxylic acids is 2. The van der Waals surface area contributed by atoms with E-state index in [1.54, 1.807) is 29.3 Å². The SMILES string of the molecule is Cc1cccc(C)c1NC(=O)CNC(=O)c1cn(-c2ccccc2)nc1-c1cccnc1. The number of amides is 2. The molecule has 0 saturated heterocycles. The van der Waals surface area contributed by atoms with Crippen molar-refractivity contribution < 1.29 is 9.59 Å². The summed E-state index contributed by atoms with van der Waals surface area (Å²) in [7, 11) is 0. The van der Waals surface area contributed by atoms with Crippen molar-refractivity contribution in [3.63, 3.8) is 0 Å². The van der Waals surface area contributed by atoms with Crippen LogP contribution in [-0.2, 0) is 4.79 Å². The number of para-hydroxylation sites is 2. The molecule has 0 bridgehead atoms. The van der Waals surface area contributed by atoms with E-state index in [0.717, 1.165) is 22.5 Å². The summed E-state index contributed by atoms with van der Waals surface area (Å²) < 4.78 is 1.65. The number of hydrogen-bond acceptors (Lipinski definition) is 4. The van der Waals surface area contributed by atoms with E-state index in [-0.39, 0.29) is 18.4 Å². The van der Waals surface area contributed by atoms with Gasteiger partial charge in [0.1, 0.15) is 5.69 Å². The van der Waals surface area contributed by atoms with E-state index < -0.39 is 0 Å². The van der Waals surface area contributed by atoms with Crippen LogP contribution in [0.25, 0.3) is 16.9 Å². The molecule has 7 nitrogen and oxygen atoms in total. The average molecular weight is 425 g/mol. The maximum absolute atomic E-state index is 13.0. The molecule has 0 fully saturated rings. The number of aryl methyl sites for hydroxylation is 2. The standard InChI is InChI=1S/C25H23N5O2/c1-17-8-6-9-18(2)23(17)28-22(31)15-27-25(32)21-16-30(20-11-4-3-5-12-20)29-24(21)19-10-7-13-26-14-19/h3-14,16H,15H2,1-2H3,(H,27,32)(H,28,31). The number of hydrogen-bond donors (Lipinski definition) is 2. The van der Waals surface area contributed by atoms with Gasteiger partial charge in [-0.15, -0.1) is 0 Å². The molecule has 0 aliphatic carbocycles. The van der Waals surface area contributed by atoms with Crippen molar-refractivity contribution >= 4 is 17.5 Å². The highest BCUT2D eigenvalue weighted by molar-refractivity contribution is 6.03. The van der Waals surface area contributed by atoms with Gasteiger partial charge in [-0.3, -0.25) is 14.6 Å². The minimum Gasteiger partial charge on any atom is -0.343 e. The van der Waals surface area contributed by atoms with E-state index in [1.807, 2.05) is 68.4 Å². The molecule has 160 valence electrons. The van der Waals surface area contributed by atoms with Crippen LogP contribution in [0.15, 0.2) is 79.3 Å². The zero-order valence-electron chi connectivity index (χ0n) is 17.9. The van der Waals surface area contributed by atoms with E-state index in [9.17, 15) is 9.59 Å². The Morgan fingerprint density at radius 2 is 1.69 bits per heavy atom. The molecule has 0 spiro atoms. The normalized spacial score (nSPS) is 10.6. The number of benzene rings is 2. The first-order chi connectivity index (χ1) is 15.5. The quantitative estimate of drug-likeness (QED) is 0.490. The Hall–Kier alpha value is -4.26. The highest BCUT2D eigenvalue weighted by Gasteiger charge is 2.19. The van der Waals surface area contributed by atoms with Gasteiger partial charge in [0.15, 0.2) is 0 Å². The fourth-order valence-electron chi connectivity index (χ4n) is 3.42. The first-order valence-electron chi connectivity index (χ1n) is 10.2. The van der Waals surface area contributed by atoms with Crippen molar-refractivity contribution in [1.82, 2.24) is 20.1 Å². The summed E-state index contributed by atoms with van der Waals surface area (Å²) in [6.07, 6.45) is 4.98. The molecule has 2 aromatic heterocycles. The zero-order valence-corrected chi connectivity index (χ0v) is 17.9. The number of anilines is 1. The summed E-state index contributed by atoms with van der Waals surface area (Å²) in [4.78, 5) is 29.6. The second-order valence-electron chi connectivity index (χ2n) is 7.41. The van der Waals surface area contributed by atoms with Crippen LogP contribution in [0.4, 0.5) is 5.69 Å². The summed E-state index contributed by atoms with van der Waals surface area (Å²) >= 11 is 0. The number of nitrogens with one attached hydrogen (secondary N) is 2. The Balaban J connectivity index is 1.55. The minimum atomic E-state index is -0.386. The van der Waals surface area contributed by atoms with Crippen molar-refractivity contribution in [2.24, 2.45) is 0 Å². The van der Waals surface area contributed by atoms with E-state index in [4.69, 9.17) is 0 Å². The van der Waals surface area contributed by atoms with Crippen LogP contribution in [0.3, 0.4) is 0 Å². The highest BCUT2D eigenvalue weighted by Crippen LogP contribution is 2.23. The third-order valence-corrected chi connectivity index (χ3v) is 5.07. The van der Waals surface area contributed by atoms with Gasteiger partial charge >= 0.3 is 0 Å². The molecule has 2 aromatic carbocycles. The molecule has 2 N–H and O–H groups in total. The molecule has 0 aliphatic heterocycles. The molecule has 0 aliphatic rings. The predicted octanol–water partition coefficient (Wildman–Crippen LogP) is 3.92. The number of carbonyl (C=O) groups is 2. The Morgan fingerprint density at radius 3 is 2.38 bits per heavy atom. The van der Waals surface area contributed by atoms with Gasteiger partial charge < -0.3 is 10.6 Å². The maximum atomic E-state index is 13.0. The molecular weight excluding hydrogens is 402 g/mol. The van der Waals surface area contributed by atoms with Crippen molar-refractivity contribution in [2.75, 3.05) is 11.9 Å². The second-order valence-corrected chi connectivity index (χ2v) is 7.41. The minimum absolute atomic E-state index is 0.157. The summed E-state index contributed by atoms with van der Waals surface area (Å²) in [5.74, 6) is -0.684. The molecule has 4 aromatic rings. The average Bonchev–Trinajstić information content (AvgIpc) is 3.27. The Labute approximate surface area is 186 Å². The van der Waals surface area contributed by atoms with Gasteiger partial charge in [0, 0.05) is 29.8 Å². The topological polar surface area (TPSA) is 88.9 Å². The fourth-order valence-corrected chi connectivity index (χ4v) is 3.42. The lowest BCUT2D eigenvalue weighted by molar-refractivity contribution is -0.115. The van der Waals surface area contributed by atoms with Crippen LogP contribution >= 0.6 is 0 Å². The number of aromatic nitrogens is 3. The molecule has 2 amide bonds. The second kappa shape index (κ2) is 9.26. The molecule has 7 heteroatoms. The summed E-state index contributed by atoms with van der Waals surface area (Å²) in [6.45, 7) is 3.70. The van der Waals surface area contributed by atoms with Gasteiger partial charge in [-0.1, -0.05) is 36.4 Å². The van der Waals surface area contributed by atoms with E-state index in [1.165, 1.54) is 0 Å². The lowest BCUT2D eigenvalue weighted by Gasteiger charge is -2.12. The summed E-state index contributed by atoms with van der Waals surface area (Å²) in [5.41, 5.74) is 5.09. The Kier molecular flexibility index (Phi) is 6.07. The maximum Gasteiger partial charge on any atom is 0.255 e. The van der Waals surface area contributed by atoms with E-state index >= 15 is 0 Å². The van der Waals surface area contributed by atoms with Gasteiger partial charge in [0.25, 0.3) is 5.91 Å². The molecule has 32 heavy (non-hydrogen) atoms. The van der Waals surface area contributed by atoms with Gasteiger partial charge in [-0.25, -0.2) is 4.68 Å². The van der Waals surface area contributed by atoms with Crippen molar-refractivity contribution in [2.45, 2.75) is 13.8 Å². The number of rotatable bonds is 6. The van der Waals surface area contributed by atoms with Crippen LogP contribution in [0.1, 0.15) is 21.5 Å². The molecular formula is C25H23N5O2. The molecule has 2 heterocycles. The summed E-state index contributed by atoms with van der Waals surface area (Å²) in [6, 6.07) is 18.9. The van der Waals surface area contributed by atoms with Crippen LogP contribution in [0.2, 0.25) is 0 Å². The fraction of sp³-hybridized carbons (Fsp3) is 0.120. The number of nitrogens with zero attached hydrogens (tertiary/aromatic N) is 3. The Bertz CT molecular complexity index is 1230. The summed E-state index contributed by atoms with van der Waals surface area (Å²) in [5, 5.41) is 10.2. The lowest BCUT2D eigenvalue weighted by atomic mass is 10.1. The molecule has 0 saturated carbocycles. The first-order valence-corrected chi connectivity index (χ1v) is 10.2. The third-order valence-electron chi connectivity index (χ3n) is 5.07. The lowest BCUT2D eigenvalue weighted by Crippen LogP contribution is -2.33. The largest absolute Gasteiger partial charge is 0.343 e. The van der Waals surface area contributed by atoms with E-state index in [2.05, 4.69) is 20.7 Å².